The van der Waals surface area contributed by atoms with Crippen molar-refractivity contribution < 1.29 is 19.1 Å². The van der Waals surface area contributed by atoms with E-state index in [0.29, 0.717) is 47.7 Å². The van der Waals surface area contributed by atoms with E-state index in [4.69, 9.17) is 9.47 Å². The molecule has 0 unspecified atom stereocenters. The molecule has 2 heterocycles. The molecule has 1 fully saturated rings. The number of esters is 1. The van der Waals surface area contributed by atoms with Crippen LogP contribution in [0.4, 0.5) is 0 Å². The summed E-state index contributed by atoms with van der Waals surface area (Å²) < 4.78 is 11.4. The first-order chi connectivity index (χ1) is 14.8. The fourth-order valence-electron chi connectivity index (χ4n) is 3.45. The number of benzene rings is 1. The van der Waals surface area contributed by atoms with E-state index < -0.39 is 12.0 Å². The van der Waals surface area contributed by atoms with E-state index in [1.165, 1.54) is 0 Å². The van der Waals surface area contributed by atoms with Crippen LogP contribution in [0, 0.1) is 11.8 Å². The lowest BCUT2D eigenvalue weighted by atomic mass is 9.94. The van der Waals surface area contributed by atoms with Crippen LogP contribution in [0.2, 0.25) is 0 Å². The Kier molecular flexibility index (Phi) is 7.81. The minimum absolute atomic E-state index is 0.0265. The molecule has 0 radical (unpaired) electrons. The van der Waals surface area contributed by atoms with Crippen molar-refractivity contribution in [1.29, 1.82) is 0 Å². The van der Waals surface area contributed by atoms with Gasteiger partial charge in [0.15, 0.2) is 5.17 Å². The van der Waals surface area contributed by atoms with E-state index in [0.717, 1.165) is 17.7 Å². The number of hydrogen-bond acceptors (Lipinski definition) is 6. The zero-order valence-corrected chi connectivity index (χ0v) is 19.8. The Bertz CT molecular complexity index is 874. The van der Waals surface area contributed by atoms with Crippen molar-refractivity contribution in [3.63, 3.8) is 0 Å². The van der Waals surface area contributed by atoms with Gasteiger partial charge in [-0.2, -0.15) is 0 Å². The van der Waals surface area contributed by atoms with Gasteiger partial charge in [0.25, 0.3) is 0 Å². The molecule has 7 heteroatoms. The normalized spacial score (nSPS) is 18.9. The highest BCUT2D eigenvalue weighted by Gasteiger charge is 2.41. The Morgan fingerprint density at radius 2 is 1.90 bits per heavy atom. The predicted molar refractivity (Wildman–Crippen MR) is 124 cm³/mol. The summed E-state index contributed by atoms with van der Waals surface area (Å²) in [6.45, 7) is 11.1. The van der Waals surface area contributed by atoms with Crippen molar-refractivity contribution in [3.05, 3.63) is 41.1 Å². The smallest absolute Gasteiger partial charge is 0.338 e. The van der Waals surface area contributed by atoms with Crippen molar-refractivity contribution >= 4 is 28.8 Å². The third-order valence-corrected chi connectivity index (χ3v) is 6.09. The lowest BCUT2D eigenvalue weighted by molar-refractivity contribution is -0.141. The second-order valence-corrected chi connectivity index (χ2v) is 9.81. The SMILES string of the molecule is CC1=C(C(=O)OCC(C)C)[C@@H](c2ccc(OCCC(C)C)cc2)N2C(=O)CCSC2=N1. The summed E-state index contributed by atoms with van der Waals surface area (Å²) in [5.74, 6) is 1.83. The summed E-state index contributed by atoms with van der Waals surface area (Å²) >= 11 is 1.55. The Balaban J connectivity index is 1.92. The Morgan fingerprint density at radius 3 is 2.55 bits per heavy atom. The highest BCUT2D eigenvalue weighted by Crippen LogP contribution is 2.40. The van der Waals surface area contributed by atoms with Gasteiger partial charge in [0.05, 0.1) is 30.5 Å². The fourth-order valence-corrected chi connectivity index (χ4v) is 4.46. The van der Waals surface area contributed by atoms with E-state index in [1.807, 2.05) is 45.0 Å². The maximum absolute atomic E-state index is 13.0. The van der Waals surface area contributed by atoms with Gasteiger partial charge in [0, 0.05) is 12.2 Å². The van der Waals surface area contributed by atoms with Crippen molar-refractivity contribution in [2.45, 2.75) is 53.5 Å². The first kappa shape index (κ1) is 23.4. The van der Waals surface area contributed by atoms with Gasteiger partial charge in [-0.1, -0.05) is 51.6 Å². The third kappa shape index (κ3) is 5.70. The zero-order valence-electron chi connectivity index (χ0n) is 19.0. The van der Waals surface area contributed by atoms with Gasteiger partial charge in [-0.25, -0.2) is 9.79 Å². The lowest BCUT2D eigenvalue weighted by Crippen LogP contribution is -2.45. The number of carbonyl (C=O) groups is 2. The van der Waals surface area contributed by atoms with E-state index in [9.17, 15) is 9.59 Å². The largest absolute Gasteiger partial charge is 0.494 e. The highest BCUT2D eigenvalue weighted by molar-refractivity contribution is 8.14. The van der Waals surface area contributed by atoms with E-state index in [-0.39, 0.29) is 11.8 Å². The van der Waals surface area contributed by atoms with Gasteiger partial charge in [-0.05, 0) is 42.9 Å². The van der Waals surface area contributed by atoms with Crippen molar-refractivity contribution in [3.8, 4) is 5.75 Å². The average Bonchev–Trinajstić information content (AvgIpc) is 2.71. The van der Waals surface area contributed by atoms with Gasteiger partial charge in [-0.3, -0.25) is 9.69 Å². The van der Waals surface area contributed by atoms with E-state index in [2.05, 4.69) is 18.8 Å². The molecule has 0 saturated carbocycles. The monoisotopic (exact) mass is 444 g/mol. The van der Waals surface area contributed by atoms with E-state index in [1.54, 1.807) is 16.7 Å². The molecule has 2 aliphatic heterocycles. The van der Waals surface area contributed by atoms with Gasteiger partial charge in [0.2, 0.25) is 5.91 Å². The molecule has 2 aliphatic rings. The summed E-state index contributed by atoms with van der Waals surface area (Å²) in [5.41, 5.74) is 1.87. The zero-order chi connectivity index (χ0) is 22.5. The molecule has 1 aromatic rings. The Hall–Kier alpha value is -2.28. The van der Waals surface area contributed by atoms with Crippen LogP contribution in [0.25, 0.3) is 0 Å². The van der Waals surface area contributed by atoms with Crippen LogP contribution in [-0.4, -0.2) is 40.9 Å². The fraction of sp³-hybridized carbons (Fsp3) is 0.542. The number of ether oxygens (including phenoxy) is 2. The molecular weight excluding hydrogens is 412 g/mol. The molecule has 0 bridgehead atoms. The first-order valence-corrected chi connectivity index (χ1v) is 11.9. The van der Waals surface area contributed by atoms with Crippen LogP contribution >= 0.6 is 11.8 Å². The molecular formula is C24H32N2O4S. The number of fused-ring (bicyclic) bond motifs is 1. The topological polar surface area (TPSA) is 68.2 Å². The molecule has 0 N–H and O–H groups in total. The second kappa shape index (κ2) is 10.4. The Morgan fingerprint density at radius 1 is 1.19 bits per heavy atom. The number of aliphatic imine (C=N–C) groups is 1. The van der Waals surface area contributed by atoms with Gasteiger partial charge < -0.3 is 9.47 Å². The van der Waals surface area contributed by atoms with Crippen LogP contribution in [0.15, 0.2) is 40.5 Å². The van der Waals surface area contributed by atoms with Gasteiger partial charge >= 0.3 is 5.97 Å². The number of amides is 1. The molecule has 1 amide bonds. The molecule has 168 valence electrons. The molecule has 0 aromatic heterocycles. The molecule has 3 rings (SSSR count). The number of allylic oxidation sites excluding steroid dienone is 1. The summed E-state index contributed by atoms with van der Waals surface area (Å²) in [4.78, 5) is 32.1. The lowest BCUT2D eigenvalue weighted by Gasteiger charge is -2.39. The van der Waals surface area contributed by atoms with Gasteiger partial charge in [0.1, 0.15) is 5.75 Å². The number of rotatable bonds is 8. The molecule has 1 atom stereocenters. The quantitative estimate of drug-likeness (QED) is 0.530. The van der Waals surface area contributed by atoms with Crippen LogP contribution in [-0.2, 0) is 14.3 Å². The molecule has 0 aliphatic carbocycles. The highest BCUT2D eigenvalue weighted by atomic mass is 32.2. The van der Waals surface area contributed by atoms with Crippen LogP contribution in [0.1, 0.15) is 59.1 Å². The molecule has 1 saturated heterocycles. The molecule has 31 heavy (non-hydrogen) atoms. The first-order valence-electron chi connectivity index (χ1n) is 10.9. The van der Waals surface area contributed by atoms with Gasteiger partial charge in [-0.15, -0.1) is 0 Å². The molecule has 1 aromatic carbocycles. The number of thioether (sulfide) groups is 1. The molecule has 0 spiro atoms. The number of carbonyl (C=O) groups excluding carboxylic acids is 2. The summed E-state index contributed by atoms with van der Waals surface area (Å²) in [5, 5.41) is 0.649. The Labute approximate surface area is 189 Å². The van der Waals surface area contributed by atoms with E-state index >= 15 is 0 Å². The maximum Gasteiger partial charge on any atom is 0.338 e. The van der Waals surface area contributed by atoms with Crippen LogP contribution in [0.5, 0.6) is 5.75 Å². The number of amidine groups is 1. The van der Waals surface area contributed by atoms with Crippen LogP contribution in [0.3, 0.4) is 0 Å². The number of hydrogen-bond donors (Lipinski definition) is 0. The standard InChI is InChI=1S/C24H32N2O4S/c1-15(2)10-12-29-19-8-6-18(7-9-19)22-21(23(28)30-14-16(3)4)17(5)25-24-26(22)20(27)11-13-31-24/h6-9,15-16,22H,10-14H2,1-5H3/t22-/m1/s1. The maximum atomic E-state index is 13.0. The molecule has 6 nitrogen and oxygen atoms in total. The third-order valence-electron chi connectivity index (χ3n) is 5.13. The van der Waals surface area contributed by atoms with Crippen molar-refractivity contribution in [1.82, 2.24) is 4.90 Å². The van der Waals surface area contributed by atoms with Crippen molar-refractivity contribution in [2.75, 3.05) is 19.0 Å². The number of nitrogens with zero attached hydrogens (tertiary/aromatic N) is 2. The van der Waals surface area contributed by atoms with Crippen molar-refractivity contribution in [2.24, 2.45) is 16.8 Å². The summed E-state index contributed by atoms with van der Waals surface area (Å²) in [6.07, 6.45) is 1.40. The second-order valence-electron chi connectivity index (χ2n) is 8.75. The summed E-state index contributed by atoms with van der Waals surface area (Å²) in [6, 6.07) is 7.10. The minimum Gasteiger partial charge on any atom is -0.494 e. The minimum atomic E-state index is -0.544. The summed E-state index contributed by atoms with van der Waals surface area (Å²) in [7, 11) is 0. The predicted octanol–water partition coefficient (Wildman–Crippen LogP) is 4.96. The van der Waals surface area contributed by atoms with Crippen LogP contribution < -0.4 is 4.74 Å². The average molecular weight is 445 g/mol.